The van der Waals surface area contributed by atoms with Crippen LogP contribution in [0.15, 0.2) is 67.1 Å². The largest absolute Gasteiger partial charge is 0.459 e. The van der Waals surface area contributed by atoms with Crippen molar-refractivity contribution in [2.75, 3.05) is 13.2 Å². The number of imidazole rings is 1. The summed E-state index contributed by atoms with van der Waals surface area (Å²) >= 11 is 6.56. The summed E-state index contributed by atoms with van der Waals surface area (Å²) in [6.07, 6.45) is 5.65. The number of benzene rings is 1. The van der Waals surface area contributed by atoms with Crippen LogP contribution in [0.2, 0.25) is 5.02 Å². The van der Waals surface area contributed by atoms with E-state index in [2.05, 4.69) is 25.0 Å². The van der Waals surface area contributed by atoms with Crippen LogP contribution < -0.4 is 4.74 Å². The molecule has 5 heterocycles. The molecule has 35 heavy (non-hydrogen) atoms. The first-order valence-electron chi connectivity index (χ1n) is 11.2. The Morgan fingerprint density at radius 1 is 1.11 bits per heavy atom. The van der Waals surface area contributed by atoms with E-state index in [0.29, 0.717) is 40.9 Å². The van der Waals surface area contributed by atoms with Gasteiger partial charge in [0.05, 0.1) is 35.6 Å². The highest BCUT2D eigenvalue weighted by molar-refractivity contribution is 6.33. The Labute approximate surface area is 205 Å². The molecule has 9 nitrogen and oxygen atoms in total. The molecule has 0 saturated carbocycles. The van der Waals surface area contributed by atoms with Crippen LogP contribution in [0.1, 0.15) is 6.42 Å². The number of aromatic amines is 1. The van der Waals surface area contributed by atoms with Gasteiger partial charge in [-0.1, -0.05) is 35.9 Å². The molecule has 0 spiro atoms. The van der Waals surface area contributed by atoms with Gasteiger partial charge in [-0.2, -0.15) is 10.1 Å². The molecule has 2 atom stereocenters. The maximum absolute atomic E-state index is 9.23. The number of nitrogens with one attached hydrogen (secondary N) is 1. The molecule has 1 saturated heterocycles. The third kappa shape index (κ3) is 4.37. The van der Waals surface area contributed by atoms with Crippen molar-refractivity contribution in [3.8, 4) is 34.2 Å². The Morgan fingerprint density at radius 2 is 1.94 bits per heavy atom. The minimum absolute atomic E-state index is 0.0214. The van der Waals surface area contributed by atoms with E-state index in [1.807, 2.05) is 54.9 Å². The number of hydrogen-bond acceptors (Lipinski definition) is 7. The van der Waals surface area contributed by atoms with Crippen molar-refractivity contribution < 1.29 is 14.6 Å². The zero-order valence-electron chi connectivity index (χ0n) is 18.5. The molecular formula is C25H21ClN6O3. The van der Waals surface area contributed by atoms with E-state index >= 15 is 0 Å². The molecule has 1 aliphatic heterocycles. The van der Waals surface area contributed by atoms with Gasteiger partial charge in [0.25, 0.3) is 6.01 Å². The lowest BCUT2D eigenvalue weighted by atomic mass is 10.0. The van der Waals surface area contributed by atoms with Gasteiger partial charge in [-0.15, -0.1) is 0 Å². The van der Waals surface area contributed by atoms with E-state index in [9.17, 15) is 5.11 Å². The van der Waals surface area contributed by atoms with E-state index in [0.717, 1.165) is 22.5 Å². The topological polar surface area (TPSA) is 111 Å². The Morgan fingerprint density at radius 3 is 2.66 bits per heavy atom. The number of nitrogens with zero attached hydrogens (tertiary/aromatic N) is 5. The number of aromatic nitrogens is 6. The van der Waals surface area contributed by atoms with Gasteiger partial charge in [-0.05, 0) is 29.8 Å². The third-order valence-corrected chi connectivity index (χ3v) is 6.20. The number of halogens is 1. The van der Waals surface area contributed by atoms with E-state index < -0.39 is 0 Å². The maximum atomic E-state index is 9.23. The fraction of sp³-hybridized carbons (Fsp3) is 0.200. The Kier molecular flexibility index (Phi) is 5.65. The fourth-order valence-electron chi connectivity index (χ4n) is 4.11. The number of pyridine rings is 2. The Bertz CT molecular complexity index is 1450. The SMILES string of the molecule is OCC1CC(Oc2nc3nc(-c4ccc(-c5ccc(-n6cccn6)nc5)cc4)c(Cl)cc3[nH]2)CO1. The number of fused-ring (bicyclic) bond motifs is 1. The summed E-state index contributed by atoms with van der Waals surface area (Å²) in [6.45, 7) is 0.391. The highest BCUT2D eigenvalue weighted by atomic mass is 35.5. The van der Waals surface area contributed by atoms with E-state index in [1.165, 1.54) is 0 Å². The highest BCUT2D eigenvalue weighted by Gasteiger charge is 2.27. The molecule has 0 aliphatic carbocycles. The number of hydrogen-bond donors (Lipinski definition) is 2. The van der Waals surface area contributed by atoms with Crippen LogP contribution in [0.25, 0.3) is 39.4 Å². The summed E-state index contributed by atoms with van der Waals surface area (Å²) in [6, 6.07) is 15.9. The Hall–Kier alpha value is -3.79. The van der Waals surface area contributed by atoms with E-state index in [-0.39, 0.29) is 18.8 Å². The standard InChI is InChI=1S/C25H21ClN6O3/c26-20-11-21-24(31-25(29-21)35-19-10-18(13-33)34-14-19)30-23(20)16-4-2-15(3-5-16)17-6-7-22(27-12-17)32-9-1-8-28-32/h1-9,11-12,18-19,33H,10,13-14H2,(H,29,30,31). The predicted octanol–water partition coefficient (Wildman–Crippen LogP) is 4.05. The average Bonchev–Trinajstić information content (AvgIpc) is 3.65. The highest BCUT2D eigenvalue weighted by Crippen LogP contribution is 2.31. The van der Waals surface area contributed by atoms with Crippen LogP contribution in [-0.4, -0.2) is 60.2 Å². The van der Waals surface area contributed by atoms with Crippen LogP contribution in [0.4, 0.5) is 0 Å². The minimum atomic E-state index is -0.198. The zero-order chi connectivity index (χ0) is 23.8. The molecule has 2 N–H and O–H groups in total. The van der Waals surface area contributed by atoms with Crippen molar-refractivity contribution in [3.05, 3.63) is 72.1 Å². The van der Waals surface area contributed by atoms with Crippen LogP contribution in [-0.2, 0) is 4.74 Å². The second-order valence-corrected chi connectivity index (χ2v) is 8.69. The first-order valence-corrected chi connectivity index (χ1v) is 11.6. The second-order valence-electron chi connectivity index (χ2n) is 8.28. The van der Waals surface area contributed by atoms with Crippen molar-refractivity contribution in [2.45, 2.75) is 18.6 Å². The number of aliphatic hydroxyl groups is 1. The molecule has 176 valence electrons. The molecule has 2 unspecified atom stereocenters. The molecule has 5 aromatic rings. The number of rotatable bonds is 6. The van der Waals surface area contributed by atoms with Gasteiger partial charge in [0.1, 0.15) is 6.10 Å². The van der Waals surface area contributed by atoms with Gasteiger partial charge < -0.3 is 19.6 Å². The maximum Gasteiger partial charge on any atom is 0.296 e. The quantitative estimate of drug-likeness (QED) is 0.371. The summed E-state index contributed by atoms with van der Waals surface area (Å²) in [7, 11) is 0. The van der Waals surface area contributed by atoms with Crippen LogP contribution >= 0.6 is 11.6 Å². The fourth-order valence-corrected chi connectivity index (χ4v) is 4.37. The van der Waals surface area contributed by atoms with Crippen molar-refractivity contribution in [1.29, 1.82) is 0 Å². The van der Waals surface area contributed by atoms with Crippen molar-refractivity contribution in [3.63, 3.8) is 0 Å². The summed E-state index contributed by atoms with van der Waals surface area (Å²) in [5.41, 5.74) is 4.74. The van der Waals surface area contributed by atoms with Gasteiger partial charge in [-0.25, -0.2) is 14.6 Å². The summed E-state index contributed by atoms with van der Waals surface area (Å²) < 4.78 is 13.1. The van der Waals surface area contributed by atoms with Crippen molar-refractivity contribution in [1.82, 2.24) is 29.7 Å². The molecule has 1 aromatic carbocycles. The predicted molar refractivity (Wildman–Crippen MR) is 131 cm³/mol. The second kappa shape index (κ2) is 9.10. The molecule has 1 aliphatic rings. The normalized spacial score (nSPS) is 17.8. The van der Waals surface area contributed by atoms with Crippen molar-refractivity contribution >= 4 is 22.8 Å². The first-order chi connectivity index (χ1) is 17.2. The number of ether oxygens (including phenoxy) is 2. The Balaban J connectivity index is 1.22. The first kappa shape index (κ1) is 21.7. The third-order valence-electron chi connectivity index (χ3n) is 5.91. The summed E-state index contributed by atoms with van der Waals surface area (Å²) in [4.78, 5) is 16.7. The lowest BCUT2D eigenvalue weighted by molar-refractivity contribution is 0.0528. The number of H-pyrrole nitrogens is 1. The van der Waals surface area contributed by atoms with Gasteiger partial charge in [0.15, 0.2) is 11.5 Å². The van der Waals surface area contributed by atoms with Crippen LogP contribution in [0.5, 0.6) is 6.01 Å². The zero-order valence-corrected chi connectivity index (χ0v) is 19.3. The lowest BCUT2D eigenvalue weighted by Gasteiger charge is -2.07. The molecular weight excluding hydrogens is 468 g/mol. The molecule has 1 fully saturated rings. The molecule has 0 amide bonds. The number of aliphatic hydroxyl groups excluding tert-OH is 1. The van der Waals surface area contributed by atoms with E-state index in [1.54, 1.807) is 16.9 Å². The van der Waals surface area contributed by atoms with Crippen LogP contribution in [0.3, 0.4) is 0 Å². The molecule has 0 radical (unpaired) electrons. The molecule has 6 rings (SSSR count). The smallest absolute Gasteiger partial charge is 0.296 e. The van der Waals surface area contributed by atoms with E-state index in [4.69, 9.17) is 21.1 Å². The van der Waals surface area contributed by atoms with Gasteiger partial charge in [-0.3, -0.25) is 0 Å². The van der Waals surface area contributed by atoms with Crippen LogP contribution in [0, 0.1) is 0 Å². The van der Waals surface area contributed by atoms with Crippen molar-refractivity contribution in [2.24, 2.45) is 0 Å². The van der Waals surface area contributed by atoms with Gasteiger partial charge >= 0.3 is 0 Å². The molecule has 4 aromatic heterocycles. The summed E-state index contributed by atoms with van der Waals surface area (Å²) in [5.74, 6) is 0.760. The van der Waals surface area contributed by atoms with Gasteiger partial charge in [0.2, 0.25) is 0 Å². The minimum Gasteiger partial charge on any atom is -0.459 e. The average molecular weight is 489 g/mol. The monoisotopic (exact) mass is 488 g/mol. The molecule has 0 bridgehead atoms. The lowest BCUT2D eigenvalue weighted by Crippen LogP contribution is -2.17. The van der Waals surface area contributed by atoms with Gasteiger partial charge in [0, 0.05) is 36.1 Å². The summed E-state index contributed by atoms with van der Waals surface area (Å²) in [5, 5.41) is 13.9. The molecule has 10 heteroatoms.